The van der Waals surface area contributed by atoms with E-state index in [1.807, 2.05) is 0 Å². The number of aromatic nitrogens is 3. The van der Waals surface area contributed by atoms with E-state index in [2.05, 4.69) is 15.2 Å². The minimum absolute atomic E-state index is 0.206. The van der Waals surface area contributed by atoms with Gasteiger partial charge in [0.1, 0.15) is 5.82 Å². The predicted molar refractivity (Wildman–Crippen MR) is 69.0 cm³/mol. The number of carbonyl (C=O) groups is 2. The van der Waals surface area contributed by atoms with Crippen molar-refractivity contribution in [3.63, 3.8) is 0 Å². The number of aromatic amines is 1. The van der Waals surface area contributed by atoms with E-state index < -0.39 is 0 Å². The van der Waals surface area contributed by atoms with Crippen LogP contribution in [0.2, 0.25) is 0 Å². The molecule has 7 heteroatoms. The summed E-state index contributed by atoms with van der Waals surface area (Å²) >= 11 is 0. The first kappa shape index (κ1) is 13.1. The zero-order chi connectivity index (χ0) is 14.1. The molecular formula is C13H18N4O3. The monoisotopic (exact) mass is 278 g/mol. The molecule has 1 atom stereocenters. The van der Waals surface area contributed by atoms with Gasteiger partial charge in [-0.3, -0.25) is 14.7 Å². The van der Waals surface area contributed by atoms with Crippen molar-refractivity contribution in [1.82, 2.24) is 20.1 Å². The smallest absolute Gasteiger partial charge is 0.310 e. The molecule has 1 unspecified atom stereocenters. The summed E-state index contributed by atoms with van der Waals surface area (Å²) in [6.45, 7) is 1.03. The van der Waals surface area contributed by atoms with E-state index in [0.717, 1.165) is 31.5 Å². The third kappa shape index (κ3) is 2.52. The SMILES string of the molecule is COC(=O)C1CCCN(C(=O)c2n[nH]c(C3CC3)n2)C1. The molecule has 1 aromatic rings. The summed E-state index contributed by atoms with van der Waals surface area (Å²) in [5.41, 5.74) is 0. The second-order valence-corrected chi connectivity index (χ2v) is 5.43. The average Bonchev–Trinajstić information content (AvgIpc) is 3.23. The Bertz CT molecular complexity index is 523. The summed E-state index contributed by atoms with van der Waals surface area (Å²) < 4.78 is 4.75. The third-order valence-corrected chi connectivity index (χ3v) is 3.90. The number of amides is 1. The number of H-pyrrole nitrogens is 1. The Hall–Kier alpha value is -1.92. The first-order valence-corrected chi connectivity index (χ1v) is 6.98. The zero-order valence-corrected chi connectivity index (χ0v) is 11.5. The summed E-state index contributed by atoms with van der Waals surface area (Å²) in [5.74, 6) is 0.748. The minimum atomic E-state index is -0.254. The predicted octanol–water partition coefficient (Wildman–Crippen LogP) is 0.707. The lowest BCUT2D eigenvalue weighted by molar-refractivity contribution is -0.146. The second-order valence-electron chi connectivity index (χ2n) is 5.43. The maximum absolute atomic E-state index is 12.3. The molecule has 0 radical (unpaired) electrons. The fourth-order valence-corrected chi connectivity index (χ4v) is 2.57. The number of hydrogen-bond donors (Lipinski definition) is 1. The van der Waals surface area contributed by atoms with Gasteiger partial charge in [0.05, 0.1) is 13.0 Å². The molecule has 1 aliphatic heterocycles. The number of rotatable bonds is 3. The van der Waals surface area contributed by atoms with Crippen LogP contribution in [0.4, 0.5) is 0 Å². The van der Waals surface area contributed by atoms with Crippen LogP contribution >= 0.6 is 0 Å². The average molecular weight is 278 g/mol. The maximum Gasteiger partial charge on any atom is 0.310 e. The molecule has 1 amide bonds. The first-order valence-electron chi connectivity index (χ1n) is 6.98. The molecule has 20 heavy (non-hydrogen) atoms. The number of hydrogen-bond acceptors (Lipinski definition) is 5. The number of likely N-dealkylation sites (tertiary alicyclic amines) is 1. The van der Waals surface area contributed by atoms with E-state index in [1.54, 1.807) is 4.90 Å². The van der Waals surface area contributed by atoms with Gasteiger partial charge in [-0.2, -0.15) is 0 Å². The van der Waals surface area contributed by atoms with Crippen molar-refractivity contribution in [1.29, 1.82) is 0 Å². The van der Waals surface area contributed by atoms with Gasteiger partial charge in [-0.1, -0.05) is 0 Å². The van der Waals surface area contributed by atoms with Gasteiger partial charge in [0.2, 0.25) is 5.82 Å². The van der Waals surface area contributed by atoms with Crippen LogP contribution in [0.25, 0.3) is 0 Å². The molecule has 2 fully saturated rings. The lowest BCUT2D eigenvalue weighted by Crippen LogP contribution is -2.43. The Morgan fingerprint density at radius 1 is 1.35 bits per heavy atom. The minimum Gasteiger partial charge on any atom is -0.469 e. The van der Waals surface area contributed by atoms with Gasteiger partial charge in [0.25, 0.3) is 5.91 Å². The summed E-state index contributed by atoms with van der Waals surface area (Å²) in [6.07, 6.45) is 3.77. The maximum atomic E-state index is 12.3. The Morgan fingerprint density at radius 3 is 2.85 bits per heavy atom. The van der Waals surface area contributed by atoms with Crippen LogP contribution in [0.3, 0.4) is 0 Å². The number of piperidine rings is 1. The van der Waals surface area contributed by atoms with Crippen LogP contribution in [-0.4, -0.2) is 52.2 Å². The normalized spacial score (nSPS) is 22.6. The van der Waals surface area contributed by atoms with E-state index in [1.165, 1.54) is 7.11 Å². The number of nitrogens with zero attached hydrogens (tertiary/aromatic N) is 3. The molecule has 7 nitrogen and oxygen atoms in total. The van der Waals surface area contributed by atoms with Crippen molar-refractivity contribution in [2.45, 2.75) is 31.6 Å². The zero-order valence-electron chi connectivity index (χ0n) is 11.5. The van der Waals surface area contributed by atoms with Crippen LogP contribution in [0.15, 0.2) is 0 Å². The summed E-state index contributed by atoms with van der Waals surface area (Å²) in [7, 11) is 1.38. The molecular weight excluding hydrogens is 260 g/mol. The summed E-state index contributed by atoms with van der Waals surface area (Å²) in [4.78, 5) is 29.8. The number of nitrogens with one attached hydrogen (secondary N) is 1. The van der Waals surface area contributed by atoms with Crippen molar-refractivity contribution in [2.75, 3.05) is 20.2 Å². The molecule has 3 rings (SSSR count). The largest absolute Gasteiger partial charge is 0.469 e. The Morgan fingerprint density at radius 2 is 2.15 bits per heavy atom. The third-order valence-electron chi connectivity index (χ3n) is 3.90. The van der Waals surface area contributed by atoms with Crippen LogP contribution in [-0.2, 0) is 9.53 Å². The number of ether oxygens (including phenoxy) is 1. The number of methoxy groups -OCH3 is 1. The van der Waals surface area contributed by atoms with Gasteiger partial charge >= 0.3 is 5.97 Å². The van der Waals surface area contributed by atoms with E-state index in [9.17, 15) is 9.59 Å². The van der Waals surface area contributed by atoms with Crippen molar-refractivity contribution < 1.29 is 14.3 Å². The van der Waals surface area contributed by atoms with Gasteiger partial charge in [-0.05, 0) is 25.7 Å². The second kappa shape index (κ2) is 5.22. The van der Waals surface area contributed by atoms with E-state index >= 15 is 0 Å². The van der Waals surface area contributed by atoms with Crippen LogP contribution in [0.5, 0.6) is 0 Å². The lowest BCUT2D eigenvalue weighted by Gasteiger charge is -2.30. The highest BCUT2D eigenvalue weighted by Gasteiger charge is 2.32. The number of carbonyl (C=O) groups excluding carboxylic acids is 2. The van der Waals surface area contributed by atoms with Gasteiger partial charge in [0.15, 0.2) is 0 Å². The molecule has 0 aromatic carbocycles. The molecule has 1 saturated heterocycles. The van der Waals surface area contributed by atoms with Crippen LogP contribution in [0.1, 0.15) is 48.0 Å². The van der Waals surface area contributed by atoms with Crippen LogP contribution in [0, 0.1) is 5.92 Å². The van der Waals surface area contributed by atoms with Crippen molar-refractivity contribution >= 4 is 11.9 Å². The highest BCUT2D eigenvalue weighted by Crippen LogP contribution is 2.37. The van der Waals surface area contributed by atoms with Gasteiger partial charge in [-0.15, -0.1) is 5.10 Å². The van der Waals surface area contributed by atoms with E-state index in [0.29, 0.717) is 19.0 Å². The molecule has 0 bridgehead atoms. The molecule has 1 N–H and O–H groups in total. The topological polar surface area (TPSA) is 88.2 Å². The van der Waals surface area contributed by atoms with Crippen molar-refractivity contribution in [3.05, 3.63) is 11.6 Å². The highest BCUT2D eigenvalue weighted by molar-refractivity contribution is 5.91. The molecule has 2 aliphatic rings. The molecule has 0 spiro atoms. The highest BCUT2D eigenvalue weighted by atomic mass is 16.5. The number of esters is 1. The first-order chi connectivity index (χ1) is 9.69. The molecule has 2 heterocycles. The van der Waals surface area contributed by atoms with Gasteiger partial charge < -0.3 is 9.64 Å². The summed E-state index contributed by atoms with van der Waals surface area (Å²) in [6, 6.07) is 0. The van der Waals surface area contributed by atoms with Crippen LogP contribution < -0.4 is 0 Å². The van der Waals surface area contributed by atoms with E-state index in [-0.39, 0.29) is 23.6 Å². The fraction of sp³-hybridized carbons (Fsp3) is 0.692. The Kier molecular flexibility index (Phi) is 3.42. The van der Waals surface area contributed by atoms with Gasteiger partial charge in [-0.25, -0.2) is 4.98 Å². The Labute approximate surface area is 116 Å². The van der Waals surface area contributed by atoms with Crippen molar-refractivity contribution in [2.24, 2.45) is 5.92 Å². The van der Waals surface area contributed by atoms with Crippen molar-refractivity contribution in [3.8, 4) is 0 Å². The summed E-state index contributed by atoms with van der Waals surface area (Å²) in [5, 5.41) is 6.83. The molecule has 108 valence electrons. The quantitative estimate of drug-likeness (QED) is 0.822. The molecule has 1 aromatic heterocycles. The van der Waals surface area contributed by atoms with E-state index in [4.69, 9.17) is 4.74 Å². The lowest BCUT2D eigenvalue weighted by atomic mass is 9.98. The molecule has 1 saturated carbocycles. The fourth-order valence-electron chi connectivity index (χ4n) is 2.57. The Balaban J connectivity index is 1.67. The van der Waals surface area contributed by atoms with Gasteiger partial charge in [0, 0.05) is 19.0 Å². The standard InChI is InChI=1S/C13H18N4O3/c1-20-13(19)9-3-2-6-17(7-9)12(18)11-14-10(15-16-11)8-4-5-8/h8-9H,2-7H2,1H3,(H,14,15,16). The molecule has 1 aliphatic carbocycles.